The Morgan fingerprint density at radius 2 is 2.10 bits per heavy atom. The Balaban J connectivity index is 1.52. The van der Waals surface area contributed by atoms with Crippen LogP contribution in [-0.4, -0.2) is 30.2 Å². The second-order valence-corrected chi connectivity index (χ2v) is 7.26. The molecule has 0 amide bonds. The summed E-state index contributed by atoms with van der Waals surface area (Å²) in [7, 11) is 1.28. The van der Waals surface area contributed by atoms with Gasteiger partial charge in [-0.25, -0.2) is 14.6 Å². The molecule has 1 heterocycles. The van der Waals surface area contributed by atoms with Crippen LogP contribution in [-0.2, 0) is 11.3 Å². The molecule has 1 N–H and O–H groups in total. The summed E-state index contributed by atoms with van der Waals surface area (Å²) in [5, 5.41) is 3.77. The number of carbonyl (C=O) groups excluding carboxylic acids is 1. The van der Waals surface area contributed by atoms with Gasteiger partial charge in [-0.15, -0.1) is 0 Å². The van der Waals surface area contributed by atoms with E-state index in [1.165, 1.54) is 19.4 Å². The van der Waals surface area contributed by atoms with Crippen LogP contribution in [0.5, 0.6) is 5.75 Å². The molecule has 0 bridgehead atoms. The van der Waals surface area contributed by atoms with Crippen LogP contribution in [0.1, 0.15) is 41.6 Å². The smallest absolute Gasteiger partial charge is 0.339 e. The van der Waals surface area contributed by atoms with Gasteiger partial charge in [0.05, 0.1) is 30.4 Å². The van der Waals surface area contributed by atoms with Crippen LogP contribution in [0.2, 0.25) is 5.02 Å². The van der Waals surface area contributed by atoms with Crippen molar-refractivity contribution in [1.82, 2.24) is 10.3 Å². The first-order valence-electron chi connectivity index (χ1n) is 9.30. The van der Waals surface area contributed by atoms with Crippen LogP contribution >= 0.6 is 11.6 Å². The van der Waals surface area contributed by atoms with Crippen molar-refractivity contribution in [2.75, 3.05) is 7.11 Å². The minimum absolute atomic E-state index is 0.0758. The van der Waals surface area contributed by atoms with Gasteiger partial charge in [-0.3, -0.25) is 0 Å². The second-order valence-electron chi connectivity index (χ2n) is 6.85. The van der Waals surface area contributed by atoms with E-state index in [1.807, 2.05) is 0 Å². The predicted molar refractivity (Wildman–Crippen MR) is 107 cm³/mol. The molecule has 1 aromatic heterocycles. The van der Waals surface area contributed by atoms with E-state index in [0.29, 0.717) is 28.6 Å². The Hall–Kier alpha value is -2.69. The molecule has 0 unspecified atom stereocenters. The van der Waals surface area contributed by atoms with Crippen LogP contribution < -0.4 is 10.1 Å². The quantitative estimate of drug-likeness (QED) is 0.419. The number of hydrogen-bond donors (Lipinski definition) is 1. The van der Waals surface area contributed by atoms with Crippen molar-refractivity contribution in [3.8, 4) is 5.75 Å². The summed E-state index contributed by atoms with van der Waals surface area (Å²) in [6.45, 7) is 7.39. The number of halogens is 2. The monoisotopic (exact) mass is 417 g/mol. The fourth-order valence-corrected chi connectivity index (χ4v) is 3.60. The lowest BCUT2D eigenvalue weighted by Crippen LogP contribution is -2.36. The van der Waals surface area contributed by atoms with Gasteiger partial charge in [0.1, 0.15) is 5.75 Å². The molecule has 1 aliphatic rings. The highest BCUT2D eigenvalue weighted by Crippen LogP contribution is 2.31. The zero-order valence-electron chi connectivity index (χ0n) is 16.0. The molecular formula is C21H21ClFN3O3. The number of hydrogen-bond acceptors (Lipinski definition) is 5. The van der Waals surface area contributed by atoms with Crippen molar-refractivity contribution >= 4 is 23.3 Å². The fourth-order valence-electron chi connectivity index (χ4n) is 3.39. The van der Waals surface area contributed by atoms with Crippen molar-refractivity contribution in [1.29, 1.82) is 0 Å². The van der Waals surface area contributed by atoms with E-state index in [1.54, 1.807) is 18.2 Å². The van der Waals surface area contributed by atoms with Crippen LogP contribution in [0.25, 0.3) is 4.85 Å². The topological polar surface area (TPSA) is 64.8 Å². The summed E-state index contributed by atoms with van der Waals surface area (Å²) in [4.78, 5) is 18.7. The minimum Gasteiger partial charge on any atom is -0.490 e. The van der Waals surface area contributed by atoms with Gasteiger partial charge >= 0.3 is 5.97 Å². The summed E-state index contributed by atoms with van der Waals surface area (Å²) < 4.78 is 24.2. The molecular weight excluding hydrogens is 397 g/mol. The van der Waals surface area contributed by atoms with Gasteiger partial charge in [0.15, 0.2) is 0 Å². The minimum atomic E-state index is -0.630. The van der Waals surface area contributed by atoms with Crippen molar-refractivity contribution < 1.29 is 18.7 Å². The zero-order chi connectivity index (χ0) is 20.8. The fraction of sp³-hybridized carbons (Fsp3) is 0.381. The molecule has 6 nitrogen and oxygen atoms in total. The third kappa shape index (κ3) is 5.43. The van der Waals surface area contributed by atoms with E-state index in [-0.39, 0.29) is 17.7 Å². The lowest BCUT2D eigenvalue weighted by atomic mass is 9.92. The number of ether oxygens (including phenoxy) is 2. The molecule has 1 aliphatic carbocycles. The van der Waals surface area contributed by atoms with Crippen molar-refractivity contribution in [3.05, 3.63) is 64.0 Å². The van der Waals surface area contributed by atoms with Crippen molar-refractivity contribution in [2.24, 2.45) is 0 Å². The van der Waals surface area contributed by atoms with Crippen LogP contribution in [0.3, 0.4) is 0 Å². The number of aromatic nitrogens is 1. The molecule has 1 aromatic carbocycles. The summed E-state index contributed by atoms with van der Waals surface area (Å²) in [5.41, 5.74) is 1.20. The molecule has 1 fully saturated rings. The van der Waals surface area contributed by atoms with E-state index >= 15 is 0 Å². The van der Waals surface area contributed by atoms with E-state index in [2.05, 4.69) is 15.1 Å². The molecule has 0 aliphatic heterocycles. The predicted octanol–water partition coefficient (Wildman–Crippen LogP) is 4.69. The van der Waals surface area contributed by atoms with Gasteiger partial charge in [-0.05, 0) is 49.4 Å². The molecule has 1 saturated carbocycles. The Bertz CT molecular complexity index is 924. The average Bonchev–Trinajstić information content (AvgIpc) is 2.73. The summed E-state index contributed by atoms with van der Waals surface area (Å²) in [6.07, 6.45) is 4.77. The van der Waals surface area contributed by atoms with E-state index in [0.717, 1.165) is 25.7 Å². The summed E-state index contributed by atoms with van der Waals surface area (Å²) in [6, 6.07) is 6.58. The molecule has 0 atom stereocenters. The highest BCUT2D eigenvalue weighted by molar-refractivity contribution is 6.33. The van der Waals surface area contributed by atoms with Crippen LogP contribution in [0.4, 0.5) is 10.1 Å². The lowest BCUT2D eigenvalue weighted by Gasteiger charge is -2.30. The Morgan fingerprint density at radius 3 is 2.76 bits per heavy atom. The van der Waals surface area contributed by atoms with E-state index < -0.39 is 11.9 Å². The summed E-state index contributed by atoms with van der Waals surface area (Å²) >= 11 is 6.06. The number of pyridine rings is 1. The van der Waals surface area contributed by atoms with Crippen LogP contribution in [0, 0.1) is 12.5 Å². The highest BCUT2D eigenvalue weighted by Gasteiger charge is 2.23. The number of esters is 1. The zero-order valence-corrected chi connectivity index (χ0v) is 16.7. The van der Waals surface area contributed by atoms with Crippen molar-refractivity contribution in [3.63, 3.8) is 0 Å². The van der Waals surface area contributed by atoms with Gasteiger partial charge in [-0.2, -0.15) is 4.39 Å². The van der Waals surface area contributed by atoms with Gasteiger partial charge in [0.25, 0.3) is 0 Å². The third-order valence-electron chi connectivity index (χ3n) is 4.96. The Kier molecular flexibility index (Phi) is 7.02. The number of nitrogens with zero attached hydrogens (tertiary/aromatic N) is 2. The van der Waals surface area contributed by atoms with Crippen LogP contribution in [0.15, 0.2) is 30.5 Å². The molecule has 2 aromatic rings. The molecule has 8 heteroatoms. The first-order valence-corrected chi connectivity index (χ1v) is 9.67. The number of nitrogens with one attached hydrogen (secondary N) is 1. The van der Waals surface area contributed by atoms with Gasteiger partial charge in [-0.1, -0.05) is 17.7 Å². The second kappa shape index (κ2) is 9.68. The maximum Gasteiger partial charge on any atom is 0.339 e. The van der Waals surface area contributed by atoms with Gasteiger partial charge in [0.2, 0.25) is 11.6 Å². The molecule has 29 heavy (non-hydrogen) atoms. The highest BCUT2D eigenvalue weighted by atomic mass is 35.5. The standard InChI is InChI=1S/C21H21ClFN3O3/c1-24-19-8-7-16(10-18(19)22)29-15-5-3-14(4-6-15)25-11-13-9-20(23)26-12-17(13)21(27)28-2/h7-10,12,14-15,25H,3-6,11H2,2H3. The number of carbonyl (C=O) groups is 1. The molecule has 3 rings (SSSR count). The third-order valence-corrected chi connectivity index (χ3v) is 5.26. The normalized spacial score (nSPS) is 18.7. The molecule has 0 saturated heterocycles. The Labute approximate surface area is 173 Å². The maximum absolute atomic E-state index is 13.5. The van der Waals surface area contributed by atoms with E-state index in [4.69, 9.17) is 27.6 Å². The first kappa shape index (κ1) is 21.0. The number of benzene rings is 1. The average molecular weight is 418 g/mol. The van der Waals surface area contributed by atoms with Gasteiger partial charge < -0.3 is 14.8 Å². The molecule has 0 spiro atoms. The maximum atomic E-state index is 13.5. The Morgan fingerprint density at radius 1 is 1.34 bits per heavy atom. The van der Waals surface area contributed by atoms with Gasteiger partial charge in [0, 0.05) is 18.8 Å². The van der Waals surface area contributed by atoms with E-state index in [9.17, 15) is 9.18 Å². The number of methoxy groups -OCH3 is 1. The largest absolute Gasteiger partial charge is 0.490 e. The SMILES string of the molecule is [C-]#[N+]c1ccc(OC2CCC(NCc3cc(F)ncc3C(=O)OC)CC2)cc1Cl. The number of rotatable bonds is 6. The lowest BCUT2D eigenvalue weighted by molar-refractivity contribution is 0.0598. The summed E-state index contributed by atoms with van der Waals surface area (Å²) in [5.74, 6) is -0.502. The van der Waals surface area contributed by atoms with Crippen molar-refractivity contribution in [2.45, 2.75) is 44.4 Å². The molecule has 0 radical (unpaired) electrons. The molecule has 152 valence electrons. The first-order chi connectivity index (χ1) is 14.0.